The Morgan fingerprint density at radius 3 is 2.80 bits per heavy atom. The predicted molar refractivity (Wildman–Crippen MR) is 59.0 cm³/mol. The highest BCUT2D eigenvalue weighted by atomic mass is 35.5. The van der Waals surface area contributed by atoms with E-state index in [1.165, 1.54) is 0 Å². The molecule has 15 heavy (non-hydrogen) atoms. The first-order chi connectivity index (χ1) is 7.15. The Morgan fingerprint density at radius 2 is 2.20 bits per heavy atom. The minimum Gasteiger partial charge on any atom is -0.391 e. The van der Waals surface area contributed by atoms with Gasteiger partial charge in [0.15, 0.2) is 11.0 Å². The maximum Gasteiger partial charge on any atom is 0.151 e. The van der Waals surface area contributed by atoms with Gasteiger partial charge in [0.1, 0.15) is 0 Å². The van der Waals surface area contributed by atoms with Crippen LogP contribution < -0.4 is 4.90 Å². The lowest BCUT2D eigenvalue weighted by Gasteiger charge is -2.34. The van der Waals surface area contributed by atoms with Crippen molar-refractivity contribution in [3.63, 3.8) is 0 Å². The third-order valence-corrected chi connectivity index (χ3v) is 2.78. The number of hydrogen-bond donors (Lipinski definition) is 1. The summed E-state index contributed by atoms with van der Waals surface area (Å²) in [6.07, 6.45) is 0.587. The van der Waals surface area contributed by atoms with Gasteiger partial charge in [0.05, 0.1) is 6.10 Å². The van der Waals surface area contributed by atoms with Crippen LogP contribution in [-0.4, -0.2) is 34.5 Å². The highest BCUT2D eigenvalue weighted by Gasteiger charge is 2.23. The van der Waals surface area contributed by atoms with Crippen LogP contribution in [0.3, 0.4) is 0 Å². The molecule has 2 atom stereocenters. The van der Waals surface area contributed by atoms with Gasteiger partial charge in [-0.1, -0.05) is 18.5 Å². The Bertz CT molecular complexity index is 320. The first-order valence-corrected chi connectivity index (χ1v) is 5.45. The van der Waals surface area contributed by atoms with E-state index in [4.69, 9.17) is 11.6 Å². The normalized spacial score (nSPS) is 26.7. The van der Waals surface area contributed by atoms with Crippen LogP contribution in [0.25, 0.3) is 0 Å². The summed E-state index contributed by atoms with van der Waals surface area (Å²) >= 11 is 5.67. The summed E-state index contributed by atoms with van der Waals surface area (Å²) < 4.78 is 0. The van der Waals surface area contributed by atoms with Crippen LogP contribution in [0, 0.1) is 5.92 Å². The van der Waals surface area contributed by atoms with Gasteiger partial charge in [-0.15, -0.1) is 10.2 Å². The van der Waals surface area contributed by atoms with Gasteiger partial charge in [-0.05, 0) is 24.5 Å². The lowest BCUT2D eigenvalue weighted by Crippen LogP contribution is -2.42. The van der Waals surface area contributed by atoms with Gasteiger partial charge >= 0.3 is 0 Å². The Labute approximate surface area is 93.9 Å². The van der Waals surface area contributed by atoms with Gasteiger partial charge in [0.25, 0.3) is 0 Å². The zero-order chi connectivity index (χ0) is 10.8. The van der Waals surface area contributed by atoms with Crippen LogP contribution >= 0.6 is 11.6 Å². The summed E-state index contributed by atoms with van der Waals surface area (Å²) in [5.74, 6) is 1.26. The fourth-order valence-corrected chi connectivity index (χ4v) is 2.08. The molecule has 5 heteroatoms. The number of nitrogens with zero attached hydrogens (tertiary/aromatic N) is 3. The van der Waals surface area contributed by atoms with E-state index < -0.39 is 0 Å². The van der Waals surface area contributed by atoms with Crippen molar-refractivity contribution in [3.05, 3.63) is 17.3 Å². The SMILES string of the molecule is CC1CC(O)CN(c2ccc(Cl)nn2)C1. The molecular formula is C10H14ClN3O. The summed E-state index contributed by atoms with van der Waals surface area (Å²) in [7, 11) is 0. The molecule has 2 rings (SSSR count). The molecule has 1 aliphatic rings. The maximum absolute atomic E-state index is 9.65. The second kappa shape index (κ2) is 4.33. The smallest absolute Gasteiger partial charge is 0.151 e. The summed E-state index contributed by atoms with van der Waals surface area (Å²) in [5, 5.41) is 17.8. The van der Waals surface area contributed by atoms with E-state index in [0.717, 1.165) is 18.8 Å². The molecule has 1 aliphatic heterocycles. The molecule has 1 aromatic rings. The van der Waals surface area contributed by atoms with Crippen LogP contribution in [0.1, 0.15) is 13.3 Å². The lowest BCUT2D eigenvalue weighted by molar-refractivity contribution is 0.132. The van der Waals surface area contributed by atoms with Crippen molar-refractivity contribution in [1.82, 2.24) is 10.2 Å². The topological polar surface area (TPSA) is 49.2 Å². The molecule has 1 N–H and O–H groups in total. The number of rotatable bonds is 1. The first kappa shape index (κ1) is 10.6. The van der Waals surface area contributed by atoms with Crippen molar-refractivity contribution in [2.45, 2.75) is 19.4 Å². The van der Waals surface area contributed by atoms with Gasteiger partial charge < -0.3 is 10.0 Å². The maximum atomic E-state index is 9.65. The number of anilines is 1. The van der Waals surface area contributed by atoms with Crippen LogP contribution in [0.5, 0.6) is 0 Å². The Morgan fingerprint density at radius 1 is 1.40 bits per heavy atom. The van der Waals surface area contributed by atoms with E-state index >= 15 is 0 Å². The average Bonchev–Trinajstić information content (AvgIpc) is 2.17. The third kappa shape index (κ3) is 2.58. The van der Waals surface area contributed by atoms with Gasteiger partial charge in [-0.25, -0.2) is 0 Å². The van der Waals surface area contributed by atoms with Gasteiger partial charge in [-0.2, -0.15) is 0 Å². The van der Waals surface area contributed by atoms with Crippen molar-refractivity contribution in [1.29, 1.82) is 0 Å². The van der Waals surface area contributed by atoms with Crippen molar-refractivity contribution in [2.24, 2.45) is 5.92 Å². The molecule has 82 valence electrons. The van der Waals surface area contributed by atoms with Crippen molar-refractivity contribution < 1.29 is 5.11 Å². The molecular weight excluding hydrogens is 214 g/mol. The fraction of sp³-hybridized carbons (Fsp3) is 0.600. The minimum atomic E-state index is -0.272. The molecule has 1 aromatic heterocycles. The zero-order valence-electron chi connectivity index (χ0n) is 8.60. The largest absolute Gasteiger partial charge is 0.391 e. The van der Waals surface area contributed by atoms with Crippen molar-refractivity contribution in [2.75, 3.05) is 18.0 Å². The molecule has 2 heterocycles. The Kier molecular flexibility index (Phi) is 3.07. The Hall–Kier alpha value is -0.870. The molecule has 0 aromatic carbocycles. The number of β-amino-alcohol motifs (C(OH)–C–C–N with tert-alkyl or cyclic N) is 1. The highest BCUT2D eigenvalue weighted by Crippen LogP contribution is 2.21. The fourth-order valence-electron chi connectivity index (χ4n) is 1.98. The van der Waals surface area contributed by atoms with Crippen LogP contribution in [0.4, 0.5) is 5.82 Å². The van der Waals surface area contributed by atoms with Gasteiger partial charge in [-0.3, -0.25) is 0 Å². The summed E-state index contributed by atoms with van der Waals surface area (Å²) in [6.45, 7) is 3.66. The van der Waals surface area contributed by atoms with Gasteiger partial charge in [0, 0.05) is 13.1 Å². The summed E-state index contributed by atoms with van der Waals surface area (Å²) in [5.41, 5.74) is 0. The molecule has 0 aliphatic carbocycles. The van der Waals surface area contributed by atoms with Crippen molar-refractivity contribution >= 4 is 17.4 Å². The summed E-state index contributed by atoms with van der Waals surface area (Å²) in [6, 6.07) is 3.55. The molecule has 4 nitrogen and oxygen atoms in total. The molecule has 0 bridgehead atoms. The quantitative estimate of drug-likeness (QED) is 0.787. The molecule has 1 saturated heterocycles. The number of aliphatic hydroxyl groups excluding tert-OH is 1. The first-order valence-electron chi connectivity index (χ1n) is 5.07. The van der Waals surface area contributed by atoms with Crippen LogP contribution in [-0.2, 0) is 0 Å². The summed E-state index contributed by atoms with van der Waals surface area (Å²) in [4.78, 5) is 2.04. The van der Waals surface area contributed by atoms with Crippen LogP contribution in [0.2, 0.25) is 5.15 Å². The number of aliphatic hydroxyl groups is 1. The van der Waals surface area contributed by atoms with Crippen molar-refractivity contribution in [3.8, 4) is 0 Å². The number of halogens is 1. The van der Waals surface area contributed by atoms with E-state index in [1.54, 1.807) is 6.07 Å². The Balaban J connectivity index is 2.12. The second-order valence-corrected chi connectivity index (χ2v) is 4.50. The highest BCUT2D eigenvalue weighted by molar-refractivity contribution is 6.29. The van der Waals surface area contributed by atoms with E-state index in [0.29, 0.717) is 17.6 Å². The second-order valence-electron chi connectivity index (χ2n) is 4.11. The molecule has 0 amide bonds. The molecule has 0 spiro atoms. The molecule has 1 fully saturated rings. The van der Waals surface area contributed by atoms with E-state index in [2.05, 4.69) is 17.1 Å². The zero-order valence-corrected chi connectivity index (χ0v) is 9.35. The number of hydrogen-bond acceptors (Lipinski definition) is 4. The van der Waals surface area contributed by atoms with E-state index in [-0.39, 0.29) is 6.10 Å². The number of aromatic nitrogens is 2. The molecule has 0 saturated carbocycles. The monoisotopic (exact) mass is 227 g/mol. The molecule has 2 unspecified atom stereocenters. The lowest BCUT2D eigenvalue weighted by atomic mass is 9.98. The minimum absolute atomic E-state index is 0.272. The average molecular weight is 228 g/mol. The molecule has 0 radical (unpaired) electrons. The van der Waals surface area contributed by atoms with E-state index in [1.807, 2.05) is 11.0 Å². The number of piperidine rings is 1. The predicted octanol–water partition coefficient (Wildman–Crippen LogP) is 1.34. The van der Waals surface area contributed by atoms with Gasteiger partial charge in [0.2, 0.25) is 0 Å². The van der Waals surface area contributed by atoms with Crippen LogP contribution in [0.15, 0.2) is 12.1 Å². The third-order valence-electron chi connectivity index (χ3n) is 2.58. The standard InChI is InChI=1S/C10H14ClN3O/c1-7-4-8(15)6-14(5-7)10-3-2-9(11)12-13-10/h2-3,7-8,15H,4-6H2,1H3. The van der Waals surface area contributed by atoms with E-state index in [9.17, 15) is 5.11 Å².